The minimum atomic E-state index is 0.820. The highest BCUT2D eigenvalue weighted by Crippen LogP contribution is 2.25. The summed E-state index contributed by atoms with van der Waals surface area (Å²) < 4.78 is 2.01. The van der Waals surface area contributed by atoms with E-state index >= 15 is 0 Å². The van der Waals surface area contributed by atoms with Crippen molar-refractivity contribution in [2.45, 2.75) is 45.6 Å². The van der Waals surface area contributed by atoms with Gasteiger partial charge in [0, 0.05) is 12.7 Å². The Balaban J connectivity index is 1.95. The van der Waals surface area contributed by atoms with Crippen LogP contribution < -0.4 is 5.73 Å². The second kappa shape index (κ2) is 4.03. The monoisotopic (exact) mass is 193 g/mol. The van der Waals surface area contributed by atoms with Gasteiger partial charge in [-0.15, -0.1) is 0 Å². The number of anilines is 1. The van der Waals surface area contributed by atoms with E-state index in [0.29, 0.717) is 0 Å². The fourth-order valence-electron chi connectivity index (χ4n) is 2.26. The highest BCUT2D eigenvalue weighted by Gasteiger charge is 2.14. The van der Waals surface area contributed by atoms with Gasteiger partial charge in [0.05, 0.1) is 11.4 Å². The molecule has 0 amide bonds. The van der Waals surface area contributed by atoms with Crippen LogP contribution in [0.4, 0.5) is 5.69 Å². The van der Waals surface area contributed by atoms with Crippen LogP contribution in [0, 0.1) is 12.8 Å². The third-order valence-electron chi connectivity index (χ3n) is 3.15. The molecule has 1 aromatic rings. The smallest absolute Gasteiger partial charge is 0.0822 e. The predicted octanol–water partition coefficient (Wildman–Crippen LogP) is 2.35. The van der Waals surface area contributed by atoms with Crippen LogP contribution in [-0.2, 0) is 6.54 Å². The largest absolute Gasteiger partial charge is 0.396 e. The van der Waals surface area contributed by atoms with Crippen molar-refractivity contribution in [3.63, 3.8) is 0 Å². The van der Waals surface area contributed by atoms with E-state index in [1.165, 1.54) is 32.1 Å². The number of aromatic nitrogens is 2. The Kier molecular flexibility index (Phi) is 2.75. The summed E-state index contributed by atoms with van der Waals surface area (Å²) in [5.74, 6) is 0.822. The zero-order valence-electron chi connectivity index (χ0n) is 8.87. The van der Waals surface area contributed by atoms with Crippen LogP contribution in [0.1, 0.15) is 37.8 Å². The molecule has 3 nitrogen and oxygen atoms in total. The molecule has 1 aromatic heterocycles. The molecule has 14 heavy (non-hydrogen) atoms. The van der Waals surface area contributed by atoms with Crippen LogP contribution >= 0.6 is 0 Å². The van der Waals surface area contributed by atoms with Gasteiger partial charge in [-0.3, -0.25) is 4.68 Å². The quantitative estimate of drug-likeness (QED) is 0.783. The second-order valence-electron chi connectivity index (χ2n) is 4.40. The average Bonchev–Trinajstić information content (AvgIpc) is 2.47. The third kappa shape index (κ3) is 2.08. The van der Waals surface area contributed by atoms with Crippen LogP contribution in [0.3, 0.4) is 0 Å². The van der Waals surface area contributed by atoms with Crippen molar-refractivity contribution in [3.8, 4) is 0 Å². The standard InChI is InChI=1S/C11H19N3/c1-9-11(12)8-14(13-9)7-10-5-3-2-4-6-10/h8,10H,2-7,12H2,1H3. The van der Waals surface area contributed by atoms with E-state index in [-0.39, 0.29) is 0 Å². The van der Waals surface area contributed by atoms with Crippen LogP contribution in [0.2, 0.25) is 0 Å². The first-order valence-corrected chi connectivity index (χ1v) is 5.55. The average molecular weight is 193 g/mol. The van der Waals surface area contributed by atoms with Gasteiger partial charge >= 0.3 is 0 Å². The number of rotatable bonds is 2. The number of nitrogens with two attached hydrogens (primary N) is 1. The maximum atomic E-state index is 5.76. The number of hydrogen-bond acceptors (Lipinski definition) is 2. The van der Waals surface area contributed by atoms with Crippen molar-refractivity contribution >= 4 is 5.69 Å². The molecule has 0 bridgehead atoms. The first-order chi connectivity index (χ1) is 6.75. The first-order valence-electron chi connectivity index (χ1n) is 5.55. The zero-order valence-corrected chi connectivity index (χ0v) is 8.87. The van der Waals surface area contributed by atoms with Gasteiger partial charge in [0.1, 0.15) is 0 Å². The summed E-state index contributed by atoms with van der Waals surface area (Å²) >= 11 is 0. The molecule has 2 N–H and O–H groups in total. The van der Waals surface area contributed by atoms with Gasteiger partial charge in [0.15, 0.2) is 0 Å². The Morgan fingerprint density at radius 3 is 2.71 bits per heavy atom. The molecule has 0 saturated heterocycles. The molecule has 0 atom stereocenters. The summed E-state index contributed by atoms with van der Waals surface area (Å²) in [6.45, 7) is 3.02. The summed E-state index contributed by atoms with van der Waals surface area (Å²) in [5, 5.41) is 4.40. The summed E-state index contributed by atoms with van der Waals surface area (Å²) in [6, 6.07) is 0. The van der Waals surface area contributed by atoms with Crippen molar-refractivity contribution in [1.82, 2.24) is 9.78 Å². The van der Waals surface area contributed by atoms with E-state index in [0.717, 1.165) is 23.8 Å². The molecule has 3 heteroatoms. The Bertz CT molecular complexity index is 278. The maximum absolute atomic E-state index is 5.76. The van der Waals surface area contributed by atoms with E-state index < -0.39 is 0 Å². The second-order valence-corrected chi connectivity index (χ2v) is 4.40. The van der Waals surface area contributed by atoms with E-state index in [4.69, 9.17) is 5.73 Å². The molecule has 0 spiro atoms. The van der Waals surface area contributed by atoms with Crippen LogP contribution in [-0.4, -0.2) is 9.78 Å². The molecule has 0 aromatic carbocycles. The lowest BCUT2D eigenvalue weighted by Crippen LogP contribution is -2.14. The molecule has 0 aliphatic heterocycles. The van der Waals surface area contributed by atoms with Gasteiger partial charge in [-0.25, -0.2) is 0 Å². The van der Waals surface area contributed by atoms with Gasteiger partial charge in [-0.1, -0.05) is 19.3 Å². The zero-order chi connectivity index (χ0) is 9.97. The van der Waals surface area contributed by atoms with Gasteiger partial charge in [-0.2, -0.15) is 5.10 Å². The molecule has 2 rings (SSSR count). The molecular formula is C11H19N3. The van der Waals surface area contributed by atoms with Gasteiger partial charge < -0.3 is 5.73 Å². The number of aryl methyl sites for hydroxylation is 1. The Labute approximate surface area is 85.3 Å². The molecule has 0 radical (unpaired) electrons. The SMILES string of the molecule is Cc1nn(CC2CCCCC2)cc1N. The molecule has 1 saturated carbocycles. The Morgan fingerprint density at radius 2 is 2.14 bits per heavy atom. The minimum Gasteiger partial charge on any atom is -0.396 e. The van der Waals surface area contributed by atoms with E-state index in [2.05, 4.69) is 5.10 Å². The fourth-order valence-corrected chi connectivity index (χ4v) is 2.26. The fraction of sp³-hybridized carbons (Fsp3) is 0.727. The molecule has 1 aliphatic rings. The summed E-state index contributed by atoms with van der Waals surface area (Å²) in [5.41, 5.74) is 7.54. The lowest BCUT2D eigenvalue weighted by molar-refractivity contribution is 0.308. The topological polar surface area (TPSA) is 43.8 Å². The summed E-state index contributed by atoms with van der Waals surface area (Å²) in [4.78, 5) is 0. The third-order valence-corrected chi connectivity index (χ3v) is 3.15. The lowest BCUT2D eigenvalue weighted by atomic mass is 9.89. The normalized spacial score (nSPS) is 18.6. The van der Waals surface area contributed by atoms with Crippen LogP contribution in [0.15, 0.2) is 6.20 Å². The highest BCUT2D eigenvalue weighted by molar-refractivity contribution is 5.39. The molecular weight excluding hydrogens is 174 g/mol. The van der Waals surface area contributed by atoms with Gasteiger partial charge in [0.25, 0.3) is 0 Å². The number of nitrogens with zero attached hydrogens (tertiary/aromatic N) is 2. The minimum absolute atomic E-state index is 0.820. The van der Waals surface area contributed by atoms with E-state index in [1.807, 2.05) is 17.8 Å². The Hall–Kier alpha value is -0.990. The maximum Gasteiger partial charge on any atom is 0.0822 e. The summed E-state index contributed by atoms with van der Waals surface area (Å²) in [6.07, 6.45) is 8.87. The van der Waals surface area contributed by atoms with Crippen molar-refractivity contribution in [2.75, 3.05) is 5.73 Å². The highest BCUT2D eigenvalue weighted by atomic mass is 15.3. The predicted molar refractivity (Wildman–Crippen MR) is 58.0 cm³/mol. The molecule has 1 fully saturated rings. The lowest BCUT2D eigenvalue weighted by Gasteiger charge is -2.21. The van der Waals surface area contributed by atoms with Crippen molar-refractivity contribution < 1.29 is 0 Å². The first kappa shape index (κ1) is 9.56. The molecule has 1 aliphatic carbocycles. The van der Waals surface area contributed by atoms with E-state index in [1.54, 1.807) is 0 Å². The number of nitrogen functional groups attached to an aromatic ring is 1. The van der Waals surface area contributed by atoms with Crippen molar-refractivity contribution in [1.29, 1.82) is 0 Å². The van der Waals surface area contributed by atoms with Gasteiger partial charge in [0.2, 0.25) is 0 Å². The van der Waals surface area contributed by atoms with Gasteiger partial charge in [-0.05, 0) is 25.7 Å². The molecule has 1 heterocycles. The summed E-state index contributed by atoms with van der Waals surface area (Å²) in [7, 11) is 0. The van der Waals surface area contributed by atoms with Crippen LogP contribution in [0.25, 0.3) is 0 Å². The van der Waals surface area contributed by atoms with E-state index in [9.17, 15) is 0 Å². The molecule has 78 valence electrons. The van der Waals surface area contributed by atoms with Crippen LogP contribution in [0.5, 0.6) is 0 Å². The number of hydrogen-bond donors (Lipinski definition) is 1. The molecule has 0 unspecified atom stereocenters. The van der Waals surface area contributed by atoms with Crippen molar-refractivity contribution in [3.05, 3.63) is 11.9 Å². The Morgan fingerprint density at radius 1 is 1.43 bits per heavy atom. The van der Waals surface area contributed by atoms with Crippen molar-refractivity contribution in [2.24, 2.45) is 5.92 Å².